The minimum Gasteiger partial charge on any atom is -0.480 e. The standard InChI is InChI=1S/C30H36N6O5S2/c1-43-11-10-21(31)27(37)34-24(12-17-14-32-22-8-4-2-6-19(17)22)28(38)35-25(29(39)36-26(16-42)30(40)41)13-18-15-33-23-9-5-3-7-20(18)23/h2-9,14-15,21,24-26,32-33,42H,10-13,16,31H2,1H3,(H,34,37)(H,35,38)(H,36,39)(H,40,41). The van der Waals surface area contributed by atoms with Crippen molar-refractivity contribution in [2.24, 2.45) is 5.73 Å². The maximum absolute atomic E-state index is 13.9. The number of hydrogen-bond donors (Lipinski definition) is 8. The number of thioether (sulfide) groups is 1. The zero-order valence-electron chi connectivity index (χ0n) is 23.6. The molecule has 2 heterocycles. The maximum atomic E-state index is 13.9. The Hall–Kier alpha value is -3.94. The van der Waals surface area contributed by atoms with Gasteiger partial charge in [-0.25, -0.2) is 4.79 Å². The summed E-state index contributed by atoms with van der Waals surface area (Å²) in [5, 5.41) is 19.3. The van der Waals surface area contributed by atoms with Crippen molar-refractivity contribution < 1.29 is 24.3 Å². The number of para-hydroxylation sites is 2. The highest BCUT2D eigenvalue weighted by atomic mass is 32.2. The molecule has 0 saturated heterocycles. The molecule has 43 heavy (non-hydrogen) atoms. The van der Waals surface area contributed by atoms with Gasteiger partial charge < -0.3 is 36.8 Å². The second kappa shape index (κ2) is 15.0. The maximum Gasteiger partial charge on any atom is 0.327 e. The summed E-state index contributed by atoms with van der Waals surface area (Å²) in [6, 6.07) is 10.8. The van der Waals surface area contributed by atoms with Crippen LogP contribution in [0.2, 0.25) is 0 Å². The number of H-pyrrole nitrogens is 2. The zero-order valence-corrected chi connectivity index (χ0v) is 25.3. The fraction of sp³-hybridized carbons (Fsp3) is 0.333. The lowest BCUT2D eigenvalue weighted by molar-refractivity contribution is -0.141. The van der Waals surface area contributed by atoms with Gasteiger partial charge in [0.05, 0.1) is 6.04 Å². The first-order valence-corrected chi connectivity index (χ1v) is 15.8. The van der Waals surface area contributed by atoms with Crippen molar-refractivity contribution in [3.63, 3.8) is 0 Å². The fourth-order valence-corrected chi connectivity index (χ4v) is 5.58. The number of aromatic amines is 2. The van der Waals surface area contributed by atoms with Crippen molar-refractivity contribution in [2.45, 2.75) is 43.4 Å². The van der Waals surface area contributed by atoms with Gasteiger partial charge in [-0.1, -0.05) is 36.4 Å². The zero-order chi connectivity index (χ0) is 30.9. The Bertz CT molecular complexity index is 1590. The molecule has 0 radical (unpaired) electrons. The number of carboxylic acid groups (broad SMARTS) is 1. The molecule has 0 aliphatic heterocycles. The normalized spacial score (nSPS) is 14.1. The van der Waals surface area contributed by atoms with Crippen molar-refractivity contribution in [2.75, 3.05) is 17.8 Å². The predicted molar refractivity (Wildman–Crippen MR) is 172 cm³/mol. The number of nitrogens with two attached hydrogens (primary N) is 1. The highest BCUT2D eigenvalue weighted by molar-refractivity contribution is 7.98. The van der Waals surface area contributed by atoms with Gasteiger partial charge >= 0.3 is 5.97 Å². The van der Waals surface area contributed by atoms with E-state index in [9.17, 15) is 24.3 Å². The Morgan fingerprint density at radius 3 is 1.74 bits per heavy atom. The molecule has 3 amide bonds. The van der Waals surface area contributed by atoms with E-state index in [1.54, 1.807) is 24.2 Å². The Balaban J connectivity index is 1.62. The third-order valence-corrected chi connectivity index (χ3v) is 8.24. The largest absolute Gasteiger partial charge is 0.480 e. The Labute approximate surface area is 258 Å². The monoisotopic (exact) mass is 624 g/mol. The van der Waals surface area contributed by atoms with Gasteiger partial charge in [0.1, 0.15) is 18.1 Å². The molecule has 0 aliphatic carbocycles. The van der Waals surface area contributed by atoms with E-state index in [1.807, 2.05) is 54.8 Å². The Morgan fingerprint density at radius 1 is 0.814 bits per heavy atom. The molecule has 0 spiro atoms. The number of thiol groups is 1. The van der Waals surface area contributed by atoms with E-state index in [4.69, 9.17) is 5.73 Å². The van der Waals surface area contributed by atoms with E-state index >= 15 is 0 Å². The molecule has 4 rings (SSSR count). The molecular formula is C30H36N6O5S2. The number of benzene rings is 2. The third kappa shape index (κ3) is 8.12. The summed E-state index contributed by atoms with van der Waals surface area (Å²) in [6.45, 7) is 0. The molecule has 0 aliphatic rings. The van der Waals surface area contributed by atoms with E-state index in [2.05, 4.69) is 38.5 Å². The van der Waals surface area contributed by atoms with Gasteiger partial charge in [0.2, 0.25) is 17.7 Å². The summed E-state index contributed by atoms with van der Waals surface area (Å²) in [6.07, 6.45) is 6.08. The summed E-state index contributed by atoms with van der Waals surface area (Å²) in [5.41, 5.74) is 9.40. The van der Waals surface area contributed by atoms with Crippen LogP contribution in [0.5, 0.6) is 0 Å². The highest BCUT2D eigenvalue weighted by Crippen LogP contribution is 2.21. The van der Waals surface area contributed by atoms with Crippen LogP contribution < -0.4 is 21.7 Å². The minimum absolute atomic E-state index is 0.0709. The molecule has 0 saturated carbocycles. The van der Waals surface area contributed by atoms with E-state index in [-0.39, 0.29) is 18.6 Å². The van der Waals surface area contributed by atoms with Gasteiger partial charge in [-0.2, -0.15) is 24.4 Å². The molecule has 2 aromatic heterocycles. The van der Waals surface area contributed by atoms with E-state index in [0.29, 0.717) is 12.2 Å². The topological polar surface area (TPSA) is 182 Å². The average molecular weight is 625 g/mol. The molecule has 2 aromatic carbocycles. The summed E-state index contributed by atoms with van der Waals surface area (Å²) < 4.78 is 0. The fourth-order valence-electron chi connectivity index (χ4n) is 4.84. The van der Waals surface area contributed by atoms with E-state index in [0.717, 1.165) is 32.9 Å². The lowest BCUT2D eigenvalue weighted by Crippen LogP contribution is -2.58. The lowest BCUT2D eigenvalue weighted by Gasteiger charge is -2.25. The van der Waals surface area contributed by atoms with Crippen molar-refractivity contribution in [1.82, 2.24) is 25.9 Å². The molecule has 0 bridgehead atoms. The number of carboxylic acids is 1. The van der Waals surface area contributed by atoms with Crippen LogP contribution in [-0.2, 0) is 32.0 Å². The van der Waals surface area contributed by atoms with Gasteiger partial charge in [0, 0.05) is 52.8 Å². The number of aromatic nitrogens is 2. The quantitative estimate of drug-likeness (QED) is 0.0931. The third-order valence-electron chi connectivity index (χ3n) is 7.23. The summed E-state index contributed by atoms with van der Waals surface area (Å²) >= 11 is 5.61. The highest BCUT2D eigenvalue weighted by Gasteiger charge is 2.31. The van der Waals surface area contributed by atoms with Crippen LogP contribution in [0.25, 0.3) is 21.8 Å². The second-order valence-corrected chi connectivity index (χ2v) is 11.6. The van der Waals surface area contributed by atoms with Crippen LogP contribution in [0.3, 0.4) is 0 Å². The average Bonchev–Trinajstić information content (AvgIpc) is 3.61. The lowest BCUT2D eigenvalue weighted by atomic mass is 10.0. The number of aliphatic carboxylic acids is 1. The van der Waals surface area contributed by atoms with Crippen LogP contribution in [-0.4, -0.2) is 80.7 Å². The van der Waals surface area contributed by atoms with Crippen LogP contribution in [0.1, 0.15) is 17.5 Å². The second-order valence-electron chi connectivity index (χ2n) is 10.2. The molecule has 4 aromatic rings. The molecule has 4 unspecified atom stereocenters. The summed E-state index contributed by atoms with van der Waals surface area (Å²) in [4.78, 5) is 58.3. The molecule has 0 fully saturated rings. The van der Waals surface area contributed by atoms with Crippen LogP contribution in [0.4, 0.5) is 0 Å². The number of fused-ring (bicyclic) bond motifs is 2. The predicted octanol–water partition coefficient (Wildman–Crippen LogP) is 1.98. The number of rotatable bonds is 15. The van der Waals surface area contributed by atoms with E-state index < -0.39 is 47.9 Å². The van der Waals surface area contributed by atoms with Crippen molar-refractivity contribution >= 4 is 69.9 Å². The summed E-state index contributed by atoms with van der Waals surface area (Å²) in [7, 11) is 0. The van der Waals surface area contributed by atoms with Crippen LogP contribution in [0, 0.1) is 0 Å². The number of carbonyl (C=O) groups is 4. The number of carbonyl (C=O) groups excluding carboxylic acids is 3. The first kappa shape index (κ1) is 32.0. The van der Waals surface area contributed by atoms with Crippen molar-refractivity contribution in [3.8, 4) is 0 Å². The van der Waals surface area contributed by atoms with Crippen LogP contribution in [0.15, 0.2) is 60.9 Å². The van der Waals surface area contributed by atoms with Gasteiger partial charge in [-0.3, -0.25) is 14.4 Å². The minimum atomic E-state index is -1.26. The SMILES string of the molecule is CSCCC(N)C(=O)NC(Cc1c[nH]c2ccccc12)C(=O)NC(Cc1c[nH]c2ccccc12)C(=O)NC(CS)C(=O)O. The molecule has 8 N–H and O–H groups in total. The number of nitrogens with one attached hydrogen (secondary N) is 5. The van der Waals surface area contributed by atoms with Gasteiger partial charge in [-0.05, 0) is 41.7 Å². The van der Waals surface area contributed by atoms with Crippen molar-refractivity contribution in [3.05, 3.63) is 72.1 Å². The molecule has 4 atom stereocenters. The summed E-state index contributed by atoms with van der Waals surface area (Å²) in [5.74, 6) is -2.47. The first-order valence-electron chi connectivity index (χ1n) is 13.8. The molecule has 11 nitrogen and oxygen atoms in total. The number of amides is 3. The molecule has 228 valence electrons. The smallest absolute Gasteiger partial charge is 0.327 e. The first-order chi connectivity index (χ1) is 20.7. The number of hydrogen-bond acceptors (Lipinski definition) is 7. The molecule has 13 heteroatoms. The van der Waals surface area contributed by atoms with Crippen molar-refractivity contribution in [1.29, 1.82) is 0 Å². The van der Waals surface area contributed by atoms with Gasteiger partial charge in [-0.15, -0.1) is 0 Å². The Kier molecular flexibility index (Phi) is 11.1. The van der Waals surface area contributed by atoms with E-state index in [1.165, 1.54) is 0 Å². The van der Waals surface area contributed by atoms with Crippen LogP contribution >= 0.6 is 24.4 Å². The molecular weight excluding hydrogens is 589 g/mol. The van der Waals surface area contributed by atoms with Gasteiger partial charge in [0.15, 0.2) is 0 Å². The Morgan fingerprint density at radius 2 is 1.28 bits per heavy atom. The van der Waals surface area contributed by atoms with Gasteiger partial charge in [0.25, 0.3) is 0 Å².